The molecule has 1 aromatic carbocycles. The fourth-order valence-electron chi connectivity index (χ4n) is 2.95. The lowest BCUT2D eigenvalue weighted by Crippen LogP contribution is -2.46. The minimum absolute atomic E-state index is 0.760. The van der Waals surface area contributed by atoms with Crippen molar-refractivity contribution in [1.29, 1.82) is 0 Å². The van der Waals surface area contributed by atoms with Crippen molar-refractivity contribution in [3.05, 3.63) is 40.7 Å². The van der Waals surface area contributed by atoms with Gasteiger partial charge in [0.1, 0.15) is 0 Å². The van der Waals surface area contributed by atoms with Crippen LogP contribution in [0, 0.1) is 0 Å². The summed E-state index contributed by atoms with van der Waals surface area (Å²) in [6, 6.07) is 10.0. The summed E-state index contributed by atoms with van der Waals surface area (Å²) in [5.74, 6) is 0. The van der Waals surface area contributed by atoms with Gasteiger partial charge >= 0.3 is 0 Å². The quantitative estimate of drug-likeness (QED) is 0.474. The predicted octanol–water partition coefficient (Wildman–Crippen LogP) is 4.86. The number of benzene rings is 1. The first-order chi connectivity index (χ1) is 12.8. The fraction of sp³-hybridized carbons (Fsp3) is 0.235. The van der Waals surface area contributed by atoms with Gasteiger partial charge in [-0.1, -0.05) is 40.3 Å². The topological polar surface area (TPSA) is 45.2 Å². The van der Waals surface area contributed by atoms with Gasteiger partial charge < -0.3 is 9.80 Å². The van der Waals surface area contributed by atoms with Crippen molar-refractivity contribution in [2.24, 2.45) is 0 Å². The lowest BCUT2D eigenvalue weighted by molar-refractivity contribution is 0.649. The number of thiazole rings is 1. The summed E-state index contributed by atoms with van der Waals surface area (Å²) in [6.45, 7) is 3.72. The predicted molar refractivity (Wildman–Crippen MR) is 112 cm³/mol. The second kappa shape index (κ2) is 6.77. The molecule has 3 aromatic heterocycles. The van der Waals surface area contributed by atoms with Crippen LogP contribution in [0.1, 0.15) is 0 Å². The molecule has 0 saturated carbocycles. The molecule has 0 radical (unpaired) electrons. The number of rotatable bonds is 3. The van der Waals surface area contributed by atoms with Gasteiger partial charge in [-0.15, -0.1) is 21.5 Å². The van der Waals surface area contributed by atoms with Crippen LogP contribution in [0.4, 0.5) is 10.3 Å². The van der Waals surface area contributed by atoms with Gasteiger partial charge in [0.2, 0.25) is 5.13 Å². The Balaban J connectivity index is 1.29. The highest BCUT2D eigenvalue weighted by atomic mass is 35.5. The molecule has 5 rings (SSSR count). The van der Waals surface area contributed by atoms with E-state index >= 15 is 0 Å². The van der Waals surface area contributed by atoms with Crippen LogP contribution in [0.3, 0.4) is 0 Å². The molecule has 0 bridgehead atoms. The van der Waals surface area contributed by atoms with Crippen LogP contribution in [-0.4, -0.2) is 41.4 Å². The van der Waals surface area contributed by atoms with Crippen LogP contribution < -0.4 is 9.80 Å². The molecular weight excluding hydrogens is 406 g/mol. The first-order valence-electron chi connectivity index (χ1n) is 8.20. The van der Waals surface area contributed by atoms with Crippen molar-refractivity contribution in [1.82, 2.24) is 15.2 Å². The van der Waals surface area contributed by atoms with Gasteiger partial charge in [-0.3, -0.25) is 0 Å². The first kappa shape index (κ1) is 16.4. The lowest BCUT2D eigenvalue weighted by Gasteiger charge is -2.34. The van der Waals surface area contributed by atoms with E-state index in [-0.39, 0.29) is 0 Å². The molecule has 1 fully saturated rings. The van der Waals surface area contributed by atoms with Crippen molar-refractivity contribution >= 4 is 66.1 Å². The van der Waals surface area contributed by atoms with Crippen LogP contribution in [0.25, 0.3) is 20.1 Å². The summed E-state index contributed by atoms with van der Waals surface area (Å²) in [5.41, 5.74) is 1.02. The van der Waals surface area contributed by atoms with E-state index in [2.05, 4.69) is 31.4 Å². The van der Waals surface area contributed by atoms with Gasteiger partial charge in [0.05, 0.1) is 15.1 Å². The van der Waals surface area contributed by atoms with E-state index < -0.39 is 0 Å². The molecule has 5 nitrogen and oxygen atoms in total. The molecule has 0 atom stereocenters. The van der Waals surface area contributed by atoms with E-state index in [0.29, 0.717) is 0 Å². The molecule has 0 N–H and O–H groups in total. The number of fused-ring (bicyclic) bond motifs is 1. The fourth-order valence-corrected chi connectivity index (χ4v) is 5.94. The van der Waals surface area contributed by atoms with Crippen LogP contribution in [0.15, 0.2) is 35.7 Å². The average Bonchev–Trinajstić information content (AvgIpc) is 3.40. The second-order valence-corrected chi connectivity index (χ2v) is 9.30. The van der Waals surface area contributed by atoms with Crippen LogP contribution in [0.2, 0.25) is 5.02 Å². The Kier molecular flexibility index (Phi) is 4.28. The zero-order valence-corrected chi connectivity index (χ0v) is 16.8. The maximum Gasteiger partial charge on any atom is 0.208 e. The Hall–Kier alpha value is -1.74. The summed E-state index contributed by atoms with van der Waals surface area (Å²) in [6.07, 6.45) is 0. The van der Waals surface area contributed by atoms with Crippen molar-refractivity contribution in [3.8, 4) is 9.88 Å². The maximum atomic E-state index is 6.09. The van der Waals surface area contributed by atoms with E-state index in [4.69, 9.17) is 16.6 Å². The van der Waals surface area contributed by atoms with E-state index in [1.54, 1.807) is 34.0 Å². The number of aromatic nitrogens is 3. The van der Waals surface area contributed by atoms with Gasteiger partial charge in [0.15, 0.2) is 10.1 Å². The highest BCUT2D eigenvalue weighted by Gasteiger charge is 2.22. The zero-order chi connectivity index (χ0) is 17.5. The molecule has 26 heavy (non-hydrogen) atoms. The third kappa shape index (κ3) is 3.07. The Morgan fingerprint density at radius 2 is 1.73 bits per heavy atom. The number of hydrogen-bond acceptors (Lipinski definition) is 8. The largest absolute Gasteiger partial charge is 0.345 e. The Morgan fingerprint density at radius 3 is 2.50 bits per heavy atom. The molecule has 4 heterocycles. The van der Waals surface area contributed by atoms with Gasteiger partial charge in [-0.05, 0) is 29.6 Å². The molecule has 9 heteroatoms. The molecule has 0 amide bonds. The molecule has 132 valence electrons. The van der Waals surface area contributed by atoms with Crippen LogP contribution >= 0.6 is 45.6 Å². The standard InChI is InChI=1S/C17H14ClN5S3/c18-11-3-4-12-14(10-11)25-16(19-12)22-5-7-23(8-6-22)17-21-20-15(26-17)13-2-1-9-24-13/h1-4,9-10H,5-8H2. The summed E-state index contributed by atoms with van der Waals surface area (Å²) in [7, 11) is 0. The summed E-state index contributed by atoms with van der Waals surface area (Å²) in [4.78, 5) is 10.6. The van der Waals surface area contributed by atoms with Crippen LogP contribution in [-0.2, 0) is 0 Å². The summed E-state index contributed by atoms with van der Waals surface area (Å²) >= 11 is 11.2. The van der Waals surface area contributed by atoms with Crippen LogP contribution in [0.5, 0.6) is 0 Å². The van der Waals surface area contributed by atoms with Gasteiger partial charge in [-0.2, -0.15) is 0 Å². The van der Waals surface area contributed by atoms with E-state index in [0.717, 1.165) is 56.7 Å². The summed E-state index contributed by atoms with van der Waals surface area (Å²) < 4.78 is 1.14. The molecule has 0 unspecified atom stereocenters. The highest BCUT2D eigenvalue weighted by Crippen LogP contribution is 2.34. The number of hydrogen-bond donors (Lipinski definition) is 0. The number of halogens is 1. The minimum atomic E-state index is 0.760. The Morgan fingerprint density at radius 1 is 0.923 bits per heavy atom. The molecule has 0 aliphatic carbocycles. The second-order valence-electron chi connectivity index (χ2n) is 5.95. The number of anilines is 2. The van der Waals surface area contributed by atoms with Crippen molar-refractivity contribution < 1.29 is 0 Å². The molecular formula is C17H14ClN5S3. The van der Waals surface area contributed by atoms with Gasteiger partial charge in [0, 0.05) is 31.2 Å². The van der Waals surface area contributed by atoms with E-state index in [9.17, 15) is 0 Å². The molecule has 0 spiro atoms. The van der Waals surface area contributed by atoms with Crippen molar-refractivity contribution in [3.63, 3.8) is 0 Å². The molecule has 1 saturated heterocycles. The number of piperazine rings is 1. The smallest absolute Gasteiger partial charge is 0.208 e. The normalized spacial score (nSPS) is 15.1. The van der Waals surface area contributed by atoms with Gasteiger partial charge in [-0.25, -0.2) is 4.98 Å². The third-order valence-electron chi connectivity index (χ3n) is 4.31. The Bertz CT molecular complexity index is 1030. The molecule has 4 aromatic rings. The number of nitrogens with zero attached hydrogens (tertiary/aromatic N) is 5. The number of thiophene rings is 1. The average molecular weight is 420 g/mol. The van der Waals surface area contributed by atoms with Crippen molar-refractivity contribution in [2.75, 3.05) is 36.0 Å². The van der Waals surface area contributed by atoms with Gasteiger partial charge in [0.25, 0.3) is 0 Å². The highest BCUT2D eigenvalue weighted by molar-refractivity contribution is 7.23. The van der Waals surface area contributed by atoms with E-state index in [1.165, 1.54) is 4.88 Å². The first-order valence-corrected chi connectivity index (χ1v) is 11.1. The molecule has 1 aliphatic heterocycles. The summed E-state index contributed by atoms with van der Waals surface area (Å²) in [5, 5.41) is 14.6. The third-order valence-corrected chi connectivity index (χ3v) is 7.64. The van der Waals surface area contributed by atoms with E-state index in [1.807, 2.05) is 24.3 Å². The zero-order valence-electron chi connectivity index (χ0n) is 13.6. The maximum absolute atomic E-state index is 6.09. The SMILES string of the molecule is Clc1ccc2nc(N3CCN(c4nnc(-c5cccs5)s4)CC3)sc2c1. The Labute approximate surface area is 167 Å². The molecule has 1 aliphatic rings. The minimum Gasteiger partial charge on any atom is -0.345 e. The lowest BCUT2D eigenvalue weighted by atomic mass is 10.3. The monoisotopic (exact) mass is 419 g/mol. The van der Waals surface area contributed by atoms with Crippen molar-refractivity contribution in [2.45, 2.75) is 0 Å².